The Bertz CT molecular complexity index is 1240. The number of aliphatic hydroxyl groups excluding tert-OH is 2. The smallest absolute Gasteiger partial charge is 0.104 e. The molecule has 4 N–H and O–H groups in total. The molecule has 0 saturated heterocycles. The third kappa shape index (κ3) is 12.5. The predicted octanol–water partition coefficient (Wildman–Crippen LogP) is 8.66. The van der Waals surface area contributed by atoms with Gasteiger partial charge in [-0.1, -0.05) is 71.7 Å². The maximum atomic E-state index is 7.57. The number of nitrogens with one attached hydrogen (secondary N) is 2. The first-order valence-electron chi connectivity index (χ1n) is 13.1. The molecule has 4 aromatic rings. The van der Waals surface area contributed by atoms with Crippen molar-refractivity contribution in [1.29, 1.82) is 0 Å². The summed E-state index contributed by atoms with van der Waals surface area (Å²) in [6, 6.07) is 31.3. The molecule has 216 valence electrons. The number of para-hydroxylation sites is 2. The van der Waals surface area contributed by atoms with Crippen LogP contribution in [-0.2, 0) is 0 Å². The highest BCUT2D eigenvalue weighted by Crippen LogP contribution is 2.34. The summed E-state index contributed by atoms with van der Waals surface area (Å²) >= 11 is 12.9. The van der Waals surface area contributed by atoms with Crippen molar-refractivity contribution in [2.75, 3.05) is 50.5 Å². The lowest BCUT2D eigenvalue weighted by molar-refractivity contribution is 0.318. The third-order valence-electron chi connectivity index (χ3n) is 5.22. The summed E-state index contributed by atoms with van der Waals surface area (Å²) in [7, 11) is 1.00. The molecule has 41 heavy (non-hydrogen) atoms. The maximum absolute atomic E-state index is 7.57. The molecule has 0 radical (unpaired) electrons. The summed E-state index contributed by atoms with van der Waals surface area (Å²) in [5.41, 5.74) is 5.23. The molecule has 0 aromatic heterocycles. The Labute approximate surface area is 251 Å². The summed E-state index contributed by atoms with van der Waals surface area (Å²) in [6.07, 6.45) is 0. The highest BCUT2D eigenvalue weighted by Gasteiger charge is 2.07. The normalized spacial score (nSPS) is 10.5. The molecule has 10 heteroatoms. The second-order valence-electron chi connectivity index (χ2n) is 8.16. The molecule has 0 aliphatic heterocycles. The van der Waals surface area contributed by atoms with Crippen LogP contribution in [0.5, 0.6) is 0 Å². The van der Waals surface area contributed by atoms with Gasteiger partial charge in [0.15, 0.2) is 0 Å². The van der Waals surface area contributed by atoms with Gasteiger partial charge in [-0.15, -0.1) is 0 Å². The predicted molar refractivity (Wildman–Crippen MR) is 171 cm³/mol. The van der Waals surface area contributed by atoms with E-state index in [1.807, 2.05) is 97.1 Å². The van der Waals surface area contributed by atoms with Crippen LogP contribution in [0.15, 0.2) is 118 Å². The first-order valence-corrected chi connectivity index (χ1v) is 13.8. The van der Waals surface area contributed by atoms with E-state index in [9.17, 15) is 0 Å². The van der Waals surface area contributed by atoms with Crippen molar-refractivity contribution in [3.63, 3.8) is 0 Å². The van der Waals surface area contributed by atoms with Gasteiger partial charge in [-0.3, -0.25) is 0 Å². The SMILES string of the molecule is CCO.CO.Clc1cc(-c2ccc(N=NCCNc3ccccc3)c(Cl)c2)ccc1N=NCCNc1ccccc1. The summed E-state index contributed by atoms with van der Waals surface area (Å²) in [5.74, 6) is 0. The van der Waals surface area contributed by atoms with Crippen LogP contribution in [0.25, 0.3) is 11.1 Å². The summed E-state index contributed by atoms with van der Waals surface area (Å²) in [5, 5.41) is 39.2. The van der Waals surface area contributed by atoms with Gasteiger partial charge in [-0.05, 0) is 66.6 Å². The lowest BCUT2D eigenvalue weighted by Crippen LogP contribution is -2.03. The fraction of sp³-hybridized carbons (Fsp3) is 0.226. The van der Waals surface area contributed by atoms with Crippen molar-refractivity contribution in [3.8, 4) is 11.1 Å². The molecular formula is C31H36Cl2N6O2. The Balaban J connectivity index is 0.00000110. The Morgan fingerprint density at radius 2 is 0.976 bits per heavy atom. The number of rotatable bonds is 11. The second kappa shape index (κ2) is 20.1. The van der Waals surface area contributed by atoms with Gasteiger partial charge in [0.2, 0.25) is 0 Å². The van der Waals surface area contributed by atoms with Gasteiger partial charge in [0.05, 0.1) is 23.1 Å². The van der Waals surface area contributed by atoms with E-state index >= 15 is 0 Å². The lowest BCUT2D eigenvalue weighted by atomic mass is 10.1. The van der Waals surface area contributed by atoms with Gasteiger partial charge in [-0.2, -0.15) is 20.5 Å². The molecule has 0 amide bonds. The first-order chi connectivity index (χ1) is 20.1. The van der Waals surface area contributed by atoms with Crippen LogP contribution in [0.2, 0.25) is 10.0 Å². The minimum Gasteiger partial charge on any atom is -0.400 e. The van der Waals surface area contributed by atoms with Crippen LogP contribution in [0.1, 0.15) is 6.92 Å². The standard InChI is InChI=1S/C28H26Cl2N6.C2H6O.CH4O/c29-25-19-21(11-13-27(25)35-33-17-15-31-23-7-3-1-4-8-23)22-12-14-28(26(30)20-22)36-34-18-16-32-24-9-5-2-6-10-24;1-2-3;1-2/h1-14,19-20,31-32H,15-18H2;3H,2H2,1H3;2H,1H3. The molecule has 0 aliphatic carbocycles. The number of hydrogen-bond donors (Lipinski definition) is 4. The molecule has 4 rings (SSSR count). The summed E-state index contributed by atoms with van der Waals surface area (Å²) < 4.78 is 0. The number of nitrogens with zero attached hydrogens (tertiary/aromatic N) is 4. The third-order valence-corrected chi connectivity index (χ3v) is 5.82. The van der Waals surface area contributed by atoms with Crippen LogP contribution in [-0.4, -0.2) is 50.1 Å². The van der Waals surface area contributed by atoms with Crippen LogP contribution in [0.3, 0.4) is 0 Å². The van der Waals surface area contributed by atoms with E-state index < -0.39 is 0 Å². The average Bonchev–Trinajstić information content (AvgIpc) is 3.00. The molecule has 0 saturated carbocycles. The van der Waals surface area contributed by atoms with Crippen molar-refractivity contribution >= 4 is 46.0 Å². The van der Waals surface area contributed by atoms with E-state index in [1.165, 1.54) is 0 Å². The quantitative estimate of drug-likeness (QED) is 0.103. The zero-order valence-electron chi connectivity index (χ0n) is 23.2. The fourth-order valence-corrected chi connectivity index (χ4v) is 3.84. The van der Waals surface area contributed by atoms with Crippen molar-refractivity contribution < 1.29 is 10.2 Å². The van der Waals surface area contributed by atoms with Crippen molar-refractivity contribution in [2.24, 2.45) is 20.5 Å². The summed E-state index contributed by atoms with van der Waals surface area (Å²) in [4.78, 5) is 0. The maximum Gasteiger partial charge on any atom is 0.104 e. The molecular weight excluding hydrogens is 559 g/mol. The van der Waals surface area contributed by atoms with E-state index in [-0.39, 0.29) is 6.61 Å². The lowest BCUT2D eigenvalue weighted by Gasteiger charge is -2.06. The van der Waals surface area contributed by atoms with Crippen molar-refractivity contribution in [3.05, 3.63) is 107 Å². The van der Waals surface area contributed by atoms with Crippen LogP contribution >= 0.6 is 23.2 Å². The second-order valence-corrected chi connectivity index (χ2v) is 8.98. The molecule has 0 bridgehead atoms. The molecule has 0 atom stereocenters. The molecule has 0 unspecified atom stereocenters. The zero-order valence-corrected chi connectivity index (χ0v) is 24.7. The van der Waals surface area contributed by atoms with Crippen molar-refractivity contribution in [1.82, 2.24) is 0 Å². The molecule has 0 heterocycles. The van der Waals surface area contributed by atoms with Gasteiger partial charge in [-0.25, -0.2) is 0 Å². The van der Waals surface area contributed by atoms with E-state index in [2.05, 4.69) is 31.1 Å². The van der Waals surface area contributed by atoms with Gasteiger partial charge >= 0.3 is 0 Å². The van der Waals surface area contributed by atoms with E-state index in [1.54, 1.807) is 6.92 Å². The minimum atomic E-state index is 0.250. The molecule has 0 spiro atoms. The van der Waals surface area contributed by atoms with Crippen LogP contribution in [0, 0.1) is 0 Å². The zero-order chi connectivity index (χ0) is 29.7. The van der Waals surface area contributed by atoms with E-state index in [0.29, 0.717) is 47.6 Å². The Morgan fingerprint density at radius 3 is 1.32 bits per heavy atom. The average molecular weight is 596 g/mol. The number of benzene rings is 4. The highest BCUT2D eigenvalue weighted by molar-refractivity contribution is 6.34. The first kappa shape index (κ1) is 33.4. The Kier molecular flexibility index (Phi) is 16.4. The Morgan fingerprint density at radius 1 is 0.610 bits per heavy atom. The molecule has 0 fully saturated rings. The van der Waals surface area contributed by atoms with Gasteiger partial charge in [0, 0.05) is 38.2 Å². The van der Waals surface area contributed by atoms with E-state index in [4.69, 9.17) is 33.4 Å². The monoisotopic (exact) mass is 594 g/mol. The topological polar surface area (TPSA) is 114 Å². The van der Waals surface area contributed by atoms with Gasteiger partial charge < -0.3 is 20.8 Å². The molecule has 0 aliphatic rings. The van der Waals surface area contributed by atoms with Crippen molar-refractivity contribution in [2.45, 2.75) is 6.92 Å². The number of azo groups is 2. The summed E-state index contributed by atoms with van der Waals surface area (Å²) in [6.45, 7) is 4.39. The largest absolute Gasteiger partial charge is 0.400 e. The van der Waals surface area contributed by atoms with Gasteiger partial charge in [0.25, 0.3) is 0 Å². The van der Waals surface area contributed by atoms with E-state index in [0.717, 1.165) is 29.6 Å². The minimum absolute atomic E-state index is 0.250. The van der Waals surface area contributed by atoms with Crippen LogP contribution < -0.4 is 10.6 Å². The number of anilines is 2. The molecule has 4 aromatic carbocycles. The van der Waals surface area contributed by atoms with Crippen LogP contribution in [0.4, 0.5) is 22.7 Å². The number of halogens is 2. The Hall–Kier alpha value is -3.82. The van der Waals surface area contributed by atoms with Gasteiger partial charge in [0.1, 0.15) is 11.4 Å². The number of aliphatic hydroxyl groups is 2. The molecule has 8 nitrogen and oxygen atoms in total. The highest BCUT2D eigenvalue weighted by atomic mass is 35.5. The number of hydrogen-bond acceptors (Lipinski definition) is 8. The fourth-order valence-electron chi connectivity index (χ4n) is 3.40.